The van der Waals surface area contributed by atoms with E-state index >= 15 is 0 Å². The minimum absolute atomic E-state index is 0.0558. The molecule has 1 saturated carbocycles. The lowest BCUT2D eigenvalue weighted by Gasteiger charge is -2.22. The summed E-state index contributed by atoms with van der Waals surface area (Å²) in [6.45, 7) is 0.447. The number of carboxylic acids is 1. The van der Waals surface area contributed by atoms with Crippen LogP contribution in [0.25, 0.3) is 0 Å². The van der Waals surface area contributed by atoms with E-state index in [1.807, 2.05) is 0 Å². The second kappa shape index (κ2) is 8.76. The maximum absolute atomic E-state index is 12.4. The van der Waals surface area contributed by atoms with Crippen molar-refractivity contribution in [2.45, 2.75) is 43.0 Å². The Labute approximate surface area is 155 Å². The molecular weight excluding hydrogens is 386 g/mol. The van der Waals surface area contributed by atoms with Crippen molar-refractivity contribution < 1.29 is 23.2 Å². The summed E-state index contributed by atoms with van der Waals surface area (Å²) < 4.78 is 27.1. The molecular formula is C15H20ClN3O6S. The van der Waals surface area contributed by atoms with Crippen molar-refractivity contribution in [2.75, 3.05) is 13.1 Å². The zero-order valence-corrected chi connectivity index (χ0v) is 15.5. The quantitative estimate of drug-likeness (QED) is 0.342. The van der Waals surface area contributed by atoms with Crippen molar-refractivity contribution in [2.24, 2.45) is 0 Å². The zero-order valence-electron chi connectivity index (χ0n) is 13.9. The topological polar surface area (TPSA) is 139 Å². The molecule has 0 radical (unpaired) electrons. The number of nitrogens with one attached hydrogen (secondary N) is 2. The summed E-state index contributed by atoms with van der Waals surface area (Å²) in [7, 11) is -4.20. The number of nitrogens with zero attached hydrogens (tertiary/aromatic N) is 1. The van der Waals surface area contributed by atoms with E-state index in [4.69, 9.17) is 16.7 Å². The minimum Gasteiger partial charge on any atom is -0.478 e. The summed E-state index contributed by atoms with van der Waals surface area (Å²) in [6, 6.07) is 1.90. The lowest BCUT2D eigenvalue weighted by atomic mass is 9.96. The number of rotatable bonds is 8. The molecule has 1 aliphatic rings. The van der Waals surface area contributed by atoms with Gasteiger partial charge in [-0.3, -0.25) is 10.1 Å². The van der Waals surface area contributed by atoms with Crippen LogP contribution in [0.1, 0.15) is 42.5 Å². The summed E-state index contributed by atoms with van der Waals surface area (Å²) in [4.78, 5) is 20.6. The Morgan fingerprint density at radius 3 is 2.50 bits per heavy atom. The highest BCUT2D eigenvalue weighted by Crippen LogP contribution is 2.32. The third-order valence-electron chi connectivity index (χ3n) is 4.21. The van der Waals surface area contributed by atoms with Gasteiger partial charge in [-0.05, 0) is 18.9 Å². The average molecular weight is 406 g/mol. The number of carbonyl (C=O) groups is 1. The monoisotopic (exact) mass is 405 g/mol. The highest BCUT2D eigenvalue weighted by Gasteiger charge is 2.27. The molecule has 0 spiro atoms. The van der Waals surface area contributed by atoms with E-state index in [-0.39, 0.29) is 6.54 Å². The average Bonchev–Trinajstić information content (AvgIpc) is 2.59. The fourth-order valence-electron chi connectivity index (χ4n) is 2.88. The number of nitro benzene ring substituents is 1. The van der Waals surface area contributed by atoms with Crippen molar-refractivity contribution in [1.82, 2.24) is 10.0 Å². The van der Waals surface area contributed by atoms with Gasteiger partial charge in [-0.2, -0.15) is 0 Å². The number of hydrogen-bond donors (Lipinski definition) is 3. The number of nitro groups is 1. The molecule has 1 aromatic rings. The van der Waals surface area contributed by atoms with Crippen LogP contribution in [0.2, 0.25) is 5.02 Å². The first-order valence-corrected chi connectivity index (χ1v) is 10.0. The van der Waals surface area contributed by atoms with Gasteiger partial charge in [0, 0.05) is 25.2 Å². The zero-order chi connectivity index (χ0) is 19.3. The van der Waals surface area contributed by atoms with Crippen LogP contribution in [-0.4, -0.2) is 43.5 Å². The maximum atomic E-state index is 12.4. The van der Waals surface area contributed by atoms with Crippen LogP contribution < -0.4 is 10.0 Å². The molecule has 0 saturated heterocycles. The van der Waals surface area contributed by atoms with Gasteiger partial charge >= 0.3 is 5.97 Å². The first kappa shape index (κ1) is 20.6. The predicted molar refractivity (Wildman–Crippen MR) is 95.1 cm³/mol. The Morgan fingerprint density at radius 1 is 1.27 bits per heavy atom. The molecule has 0 bridgehead atoms. The van der Waals surface area contributed by atoms with Crippen molar-refractivity contribution >= 4 is 33.3 Å². The van der Waals surface area contributed by atoms with E-state index in [2.05, 4.69) is 10.0 Å². The molecule has 9 nitrogen and oxygen atoms in total. The number of halogens is 1. The Kier molecular flexibility index (Phi) is 6.93. The molecule has 0 atom stereocenters. The minimum atomic E-state index is -4.20. The summed E-state index contributed by atoms with van der Waals surface area (Å²) in [5.74, 6) is -1.49. The second-order valence-corrected chi connectivity index (χ2v) is 8.17. The fraction of sp³-hybridized carbons (Fsp3) is 0.533. The van der Waals surface area contributed by atoms with Crippen LogP contribution in [-0.2, 0) is 10.0 Å². The SMILES string of the molecule is O=C(O)c1cc([N+](=O)[O-])c(Cl)c(S(=O)(=O)NCCNC2CCCCC2)c1. The van der Waals surface area contributed by atoms with E-state index in [0.717, 1.165) is 37.8 Å². The van der Waals surface area contributed by atoms with Crippen LogP contribution in [0.5, 0.6) is 0 Å². The number of aromatic carboxylic acids is 1. The fourth-order valence-corrected chi connectivity index (χ4v) is 4.51. The van der Waals surface area contributed by atoms with Crippen molar-refractivity contribution in [1.29, 1.82) is 0 Å². The number of hydrogen-bond acceptors (Lipinski definition) is 6. The Balaban J connectivity index is 2.11. The molecule has 2 rings (SSSR count). The largest absolute Gasteiger partial charge is 0.478 e. The van der Waals surface area contributed by atoms with Gasteiger partial charge in [-0.1, -0.05) is 30.9 Å². The van der Waals surface area contributed by atoms with Crippen molar-refractivity contribution in [3.8, 4) is 0 Å². The molecule has 0 heterocycles. The number of carboxylic acid groups (broad SMARTS) is 1. The second-order valence-electron chi connectivity index (χ2n) is 6.06. The van der Waals surface area contributed by atoms with Crippen LogP contribution in [0.3, 0.4) is 0 Å². The summed E-state index contributed by atoms with van der Waals surface area (Å²) in [5.41, 5.74) is -1.30. The number of benzene rings is 1. The van der Waals surface area contributed by atoms with Gasteiger partial charge in [0.25, 0.3) is 5.69 Å². The van der Waals surface area contributed by atoms with Gasteiger partial charge in [0.15, 0.2) is 0 Å². The van der Waals surface area contributed by atoms with Gasteiger partial charge in [0.1, 0.15) is 9.92 Å². The molecule has 1 fully saturated rings. The van der Waals surface area contributed by atoms with E-state index < -0.39 is 42.1 Å². The van der Waals surface area contributed by atoms with Crippen molar-refractivity contribution in [3.63, 3.8) is 0 Å². The lowest BCUT2D eigenvalue weighted by Crippen LogP contribution is -2.38. The van der Waals surface area contributed by atoms with Crippen LogP contribution >= 0.6 is 11.6 Å². The Hall–Kier alpha value is -1.75. The first-order valence-electron chi connectivity index (χ1n) is 8.16. The maximum Gasteiger partial charge on any atom is 0.335 e. The molecule has 0 amide bonds. The third-order valence-corrected chi connectivity index (χ3v) is 6.20. The molecule has 0 aliphatic heterocycles. The van der Waals surface area contributed by atoms with E-state index in [9.17, 15) is 23.3 Å². The smallest absolute Gasteiger partial charge is 0.335 e. The normalized spacial score (nSPS) is 15.7. The summed E-state index contributed by atoms with van der Waals surface area (Å²) in [6.07, 6.45) is 5.59. The highest BCUT2D eigenvalue weighted by atomic mass is 35.5. The molecule has 144 valence electrons. The van der Waals surface area contributed by atoms with Crippen LogP contribution in [0.15, 0.2) is 17.0 Å². The van der Waals surface area contributed by atoms with Gasteiger partial charge in [-0.25, -0.2) is 17.9 Å². The van der Waals surface area contributed by atoms with Crippen molar-refractivity contribution in [3.05, 3.63) is 32.8 Å². The van der Waals surface area contributed by atoms with Gasteiger partial charge in [0.2, 0.25) is 10.0 Å². The molecule has 3 N–H and O–H groups in total. The van der Waals surface area contributed by atoms with E-state index in [1.54, 1.807) is 0 Å². The molecule has 26 heavy (non-hydrogen) atoms. The van der Waals surface area contributed by atoms with E-state index in [0.29, 0.717) is 12.6 Å². The molecule has 1 aromatic carbocycles. The van der Waals surface area contributed by atoms with Gasteiger partial charge in [0.05, 0.1) is 10.5 Å². The summed E-state index contributed by atoms with van der Waals surface area (Å²) >= 11 is 5.83. The molecule has 0 unspecified atom stereocenters. The molecule has 0 aromatic heterocycles. The highest BCUT2D eigenvalue weighted by molar-refractivity contribution is 7.89. The Bertz CT molecular complexity index is 793. The van der Waals surface area contributed by atoms with Crippen LogP contribution in [0, 0.1) is 10.1 Å². The number of sulfonamides is 1. The first-order chi connectivity index (χ1) is 12.2. The third kappa shape index (κ3) is 5.13. The standard InChI is InChI=1S/C15H20ClN3O6S/c16-14-12(19(22)23)8-10(15(20)21)9-13(14)26(24,25)18-7-6-17-11-4-2-1-3-5-11/h8-9,11,17-18H,1-7H2,(H,20,21). The van der Waals surface area contributed by atoms with E-state index in [1.165, 1.54) is 6.42 Å². The molecule has 11 heteroatoms. The lowest BCUT2D eigenvalue weighted by molar-refractivity contribution is -0.384. The van der Waals surface area contributed by atoms with Gasteiger partial charge < -0.3 is 10.4 Å². The summed E-state index contributed by atoms with van der Waals surface area (Å²) in [5, 5.41) is 22.7. The predicted octanol–water partition coefficient (Wildman–Crippen LogP) is 2.15. The molecule has 1 aliphatic carbocycles. The van der Waals surface area contributed by atoms with Crippen LogP contribution in [0.4, 0.5) is 5.69 Å². The van der Waals surface area contributed by atoms with Gasteiger partial charge in [-0.15, -0.1) is 0 Å². The Morgan fingerprint density at radius 2 is 1.92 bits per heavy atom.